The van der Waals surface area contributed by atoms with Crippen molar-refractivity contribution >= 4 is 39.3 Å². The summed E-state index contributed by atoms with van der Waals surface area (Å²) in [7, 11) is 0. The van der Waals surface area contributed by atoms with E-state index in [2.05, 4.69) is 11.6 Å². The monoisotopic (exact) mass is 462 g/mol. The molecule has 0 bridgehead atoms. The van der Waals surface area contributed by atoms with E-state index in [0.717, 1.165) is 11.3 Å². The molecule has 5 rings (SSSR count). The molecule has 4 aromatic rings. The molecule has 0 N–H and O–H groups in total. The largest absolute Gasteiger partial charge is 0.464 e. The van der Waals surface area contributed by atoms with Gasteiger partial charge in [-0.2, -0.15) is 0 Å². The second kappa shape index (κ2) is 7.86. The van der Waals surface area contributed by atoms with Gasteiger partial charge in [0.05, 0.1) is 16.6 Å². The first-order valence-electron chi connectivity index (χ1n) is 10.1. The third-order valence-corrected chi connectivity index (χ3v) is 6.45. The maximum Gasteiger partial charge on any atom is 0.350 e. The first kappa shape index (κ1) is 20.9. The average Bonchev–Trinajstić information content (AvgIpc) is 3.48. The topological polar surface area (TPSA) is 103 Å². The van der Waals surface area contributed by atoms with Crippen molar-refractivity contribution in [3.05, 3.63) is 92.7 Å². The summed E-state index contributed by atoms with van der Waals surface area (Å²) in [5.74, 6) is -0.149. The first-order chi connectivity index (χ1) is 15.9. The Bertz CT molecular complexity index is 1490. The van der Waals surface area contributed by atoms with Crippen LogP contribution in [0.1, 0.15) is 49.0 Å². The third-order valence-electron chi connectivity index (χ3n) is 5.32. The molecular formula is C24H18N2O6S. The van der Waals surface area contributed by atoms with Gasteiger partial charge in [-0.15, -0.1) is 0 Å². The molecule has 1 amide bonds. The standard InChI is InChI=1S/C24H18N2O6S/c1-4-11-30-23(29)21-13(3)25-24(33-21)26-18(16-10-9-12(2)31-16)17-19(27)14-7-5-6-8-15(14)32-20(17)22(26)28/h4-10,18H,1,11H2,2-3H3. The number of benzene rings is 1. The number of amides is 1. The van der Waals surface area contributed by atoms with Crippen molar-refractivity contribution in [2.75, 3.05) is 11.5 Å². The Morgan fingerprint density at radius 3 is 2.73 bits per heavy atom. The van der Waals surface area contributed by atoms with Gasteiger partial charge in [0.1, 0.15) is 34.6 Å². The number of para-hydroxylation sites is 1. The maximum atomic E-state index is 13.5. The van der Waals surface area contributed by atoms with Crippen LogP contribution in [0.4, 0.5) is 5.13 Å². The molecule has 0 radical (unpaired) electrons. The fraction of sp³-hybridized carbons (Fsp3) is 0.167. The fourth-order valence-electron chi connectivity index (χ4n) is 3.86. The highest BCUT2D eigenvalue weighted by atomic mass is 32.1. The van der Waals surface area contributed by atoms with Gasteiger partial charge in [0.2, 0.25) is 5.76 Å². The number of nitrogens with zero attached hydrogens (tertiary/aromatic N) is 2. The average molecular weight is 462 g/mol. The highest BCUT2D eigenvalue weighted by Gasteiger charge is 2.46. The van der Waals surface area contributed by atoms with Crippen molar-refractivity contribution in [3.63, 3.8) is 0 Å². The van der Waals surface area contributed by atoms with E-state index in [1.54, 1.807) is 50.2 Å². The molecule has 0 saturated carbocycles. The van der Waals surface area contributed by atoms with Crippen LogP contribution in [0.25, 0.3) is 11.0 Å². The van der Waals surface area contributed by atoms with E-state index in [0.29, 0.717) is 28.2 Å². The van der Waals surface area contributed by atoms with E-state index >= 15 is 0 Å². The number of carbonyl (C=O) groups is 2. The molecule has 1 atom stereocenters. The molecule has 1 aliphatic heterocycles. The Labute approximate surface area is 191 Å². The predicted octanol–water partition coefficient (Wildman–Crippen LogP) is 4.55. The number of ether oxygens (including phenoxy) is 1. The van der Waals surface area contributed by atoms with Crippen LogP contribution >= 0.6 is 11.3 Å². The highest BCUT2D eigenvalue weighted by molar-refractivity contribution is 7.17. The minimum atomic E-state index is -0.885. The van der Waals surface area contributed by atoms with Gasteiger partial charge in [0.15, 0.2) is 10.6 Å². The van der Waals surface area contributed by atoms with Crippen LogP contribution in [0.3, 0.4) is 0 Å². The van der Waals surface area contributed by atoms with E-state index in [-0.39, 0.29) is 33.4 Å². The van der Waals surface area contributed by atoms with Crippen molar-refractivity contribution in [3.8, 4) is 0 Å². The zero-order chi connectivity index (χ0) is 23.3. The Kier molecular flexibility index (Phi) is 4.98. The van der Waals surface area contributed by atoms with Gasteiger partial charge in [-0.1, -0.05) is 36.1 Å². The van der Waals surface area contributed by atoms with Crippen molar-refractivity contribution in [1.29, 1.82) is 0 Å². The maximum absolute atomic E-state index is 13.5. The van der Waals surface area contributed by atoms with Crippen molar-refractivity contribution in [2.45, 2.75) is 19.9 Å². The zero-order valence-electron chi connectivity index (χ0n) is 17.8. The number of aryl methyl sites for hydroxylation is 2. The molecule has 166 valence electrons. The molecule has 4 heterocycles. The number of hydrogen-bond donors (Lipinski definition) is 0. The van der Waals surface area contributed by atoms with Crippen molar-refractivity contribution < 1.29 is 23.2 Å². The lowest BCUT2D eigenvalue weighted by atomic mass is 10.0. The molecule has 9 heteroatoms. The third kappa shape index (κ3) is 3.28. The molecular weight excluding hydrogens is 444 g/mol. The summed E-state index contributed by atoms with van der Waals surface area (Å²) >= 11 is 1.00. The van der Waals surface area contributed by atoms with Crippen molar-refractivity contribution in [1.82, 2.24) is 4.98 Å². The van der Waals surface area contributed by atoms with Crippen LogP contribution in [0.2, 0.25) is 0 Å². The minimum absolute atomic E-state index is 0.0545. The fourth-order valence-corrected chi connectivity index (χ4v) is 4.85. The highest BCUT2D eigenvalue weighted by Crippen LogP contribution is 2.43. The molecule has 1 aliphatic rings. The minimum Gasteiger partial charge on any atom is -0.464 e. The number of esters is 1. The summed E-state index contributed by atoms with van der Waals surface area (Å²) in [6.45, 7) is 7.02. The number of rotatable bonds is 5. The normalized spacial score (nSPS) is 15.2. The second-order valence-corrected chi connectivity index (χ2v) is 8.47. The molecule has 0 saturated heterocycles. The summed E-state index contributed by atoms with van der Waals surface area (Å²) in [5, 5.41) is 0.597. The Morgan fingerprint density at radius 2 is 2.00 bits per heavy atom. The molecule has 0 spiro atoms. The van der Waals surface area contributed by atoms with Crippen LogP contribution < -0.4 is 10.3 Å². The lowest BCUT2D eigenvalue weighted by molar-refractivity contribution is 0.0554. The van der Waals surface area contributed by atoms with Crippen LogP contribution in [-0.4, -0.2) is 23.5 Å². The van der Waals surface area contributed by atoms with E-state index in [4.69, 9.17) is 13.6 Å². The van der Waals surface area contributed by atoms with Gasteiger partial charge in [-0.25, -0.2) is 9.78 Å². The molecule has 0 aliphatic carbocycles. The van der Waals surface area contributed by atoms with E-state index in [1.807, 2.05) is 0 Å². The van der Waals surface area contributed by atoms with Gasteiger partial charge in [-0.3, -0.25) is 14.5 Å². The quantitative estimate of drug-likeness (QED) is 0.317. The van der Waals surface area contributed by atoms with Gasteiger partial charge >= 0.3 is 5.97 Å². The van der Waals surface area contributed by atoms with E-state index in [1.165, 1.54) is 11.0 Å². The number of hydrogen-bond acceptors (Lipinski definition) is 8. The first-order valence-corrected chi connectivity index (χ1v) is 10.9. The summed E-state index contributed by atoms with van der Waals surface area (Å²) in [6.07, 6.45) is 1.47. The van der Waals surface area contributed by atoms with Gasteiger partial charge in [-0.05, 0) is 38.1 Å². The molecule has 3 aromatic heterocycles. The molecule has 8 nitrogen and oxygen atoms in total. The Morgan fingerprint density at radius 1 is 1.21 bits per heavy atom. The van der Waals surface area contributed by atoms with Gasteiger partial charge < -0.3 is 13.6 Å². The van der Waals surface area contributed by atoms with E-state index < -0.39 is 17.9 Å². The SMILES string of the molecule is C=CCOC(=O)c1sc(N2C(=O)c3oc4ccccc4c(=O)c3C2c2ccc(C)o2)nc1C. The van der Waals surface area contributed by atoms with Crippen LogP contribution in [0, 0.1) is 13.8 Å². The van der Waals surface area contributed by atoms with Crippen LogP contribution in [0.15, 0.2) is 62.7 Å². The number of fused-ring (bicyclic) bond motifs is 2. The molecule has 1 aromatic carbocycles. The summed E-state index contributed by atoms with van der Waals surface area (Å²) in [4.78, 5) is 45.5. The summed E-state index contributed by atoms with van der Waals surface area (Å²) < 4.78 is 16.8. The lowest BCUT2D eigenvalue weighted by Gasteiger charge is -2.20. The molecule has 1 unspecified atom stereocenters. The van der Waals surface area contributed by atoms with Crippen LogP contribution in [0.5, 0.6) is 0 Å². The van der Waals surface area contributed by atoms with Crippen LogP contribution in [-0.2, 0) is 4.74 Å². The van der Waals surface area contributed by atoms with Gasteiger partial charge in [0.25, 0.3) is 5.91 Å². The Hall–Kier alpha value is -3.98. The van der Waals surface area contributed by atoms with Gasteiger partial charge in [0, 0.05) is 0 Å². The number of aromatic nitrogens is 1. The number of carbonyl (C=O) groups excluding carboxylic acids is 2. The summed E-state index contributed by atoms with van der Waals surface area (Å²) in [5.41, 5.74) is 0.582. The number of thiazole rings is 1. The molecule has 0 fully saturated rings. The second-order valence-electron chi connectivity index (χ2n) is 7.49. The lowest BCUT2D eigenvalue weighted by Crippen LogP contribution is -2.29. The molecule has 33 heavy (non-hydrogen) atoms. The smallest absolute Gasteiger partial charge is 0.350 e. The summed E-state index contributed by atoms with van der Waals surface area (Å²) in [6, 6.07) is 9.34. The van der Waals surface area contributed by atoms with Crippen molar-refractivity contribution in [2.24, 2.45) is 0 Å². The van der Waals surface area contributed by atoms with E-state index in [9.17, 15) is 14.4 Å². The number of furan rings is 1. The Balaban J connectivity index is 1.70. The predicted molar refractivity (Wildman–Crippen MR) is 122 cm³/mol. The number of anilines is 1. The zero-order valence-corrected chi connectivity index (χ0v) is 18.6.